The largest absolute Gasteiger partial charge is 0.467 e. The summed E-state index contributed by atoms with van der Waals surface area (Å²) in [6, 6.07) is 0. The molecule has 2 unspecified atom stereocenters. The molecule has 2 bridgehead atoms. The van der Waals surface area contributed by atoms with Crippen molar-refractivity contribution in [3.63, 3.8) is 0 Å². The van der Waals surface area contributed by atoms with E-state index in [0.717, 1.165) is 19.3 Å². The molecule has 2 fully saturated rings. The topological polar surface area (TPSA) is 81.7 Å². The lowest BCUT2D eigenvalue weighted by Crippen LogP contribution is -2.63. The van der Waals surface area contributed by atoms with Crippen molar-refractivity contribution in [3.8, 4) is 0 Å². The third-order valence-corrected chi connectivity index (χ3v) is 6.30. The van der Waals surface area contributed by atoms with Gasteiger partial charge in [0.2, 0.25) is 0 Å². The van der Waals surface area contributed by atoms with E-state index >= 15 is 0 Å². The van der Waals surface area contributed by atoms with E-state index in [2.05, 4.69) is 5.32 Å². The van der Waals surface area contributed by atoms with Crippen LogP contribution in [0.25, 0.3) is 0 Å². The minimum absolute atomic E-state index is 0.0680. The van der Waals surface area contributed by atoms with Gasteiger partial charge in [0, 0.05) is 21.3 Å². The van der Waals surface area contributed by atoms with Crippen LogP contribution in [0.5, 0.6) is 0 Å². The predicted molar refractivity (Wildman–Crippen MR) is 82.9 cm³/mol. The van der Waals surface area contributed by atoms with Gasteiger partial charge < -0.3 is 14.8 Å². The van der Waals surface area contributed by atoms with Gasteiger partial charge in [-0.3, -0.25) is 4.21 Å². The number of esters is 1. The Morgan fingerprint density at radius 1 is 1.18 bits per heavy atom. The zero-order valence-corrected chi connectivity index (χ0v) is 14.5. The van der Waals surface area contributed by atoms with Crippen molar-refractivity contribution in [1.82, 2.24) is 5.32 Å². The van der Waals surface area contributed by atoms with Gasteiger partial charge in [0.15, 0.2) is 0 Å². The van der Waals surface area contributed by atoms with Crippen molar-refractivity contribution in [3.05, 3.63) is 0 Å². The predicted octanol–water partition coefficient (Wildman–Crippen LogP) is 1.89. The Hall–Kier alpha value is -1.11. The summed E-state index contributed by atoms with van der Waals surface area (Å²) in [5, 5.41) is 2.58. The lowest BCUT2D eigenvalue weighted by atomic mass is 9.82. The summed E-state index contributed by atoms with van der Waals surface area (Å²) in [6.45, 7) is 5.30. The molecule has 7 heteroatoms. The second-order valence-corrected chi connectivity index (χ2v) is 9.10. The molecule has 0 radical (unpaired) electrons. The molecule has 2 atom stereocenters. The number of hydrogen-bond acceptors (Lipinski definition) is 5. The van der Waals surface area contributed by atoms with Crippen LogP contribution in [0.4, 0.5) is 4.79 Å². The van der Waals surface area contributed by atoms with Crippen molar-refractivity contribution in [2.75, 3.05) is 7.11 Å². The number of ether oxygens (including phenoxy) is 2. The van der Waals surface area contributed by atoms with Gasteiger partial charge in [0.1, 0.15) is 11.1 Å². The Morgan fingerprint density at radius 3 is 2.18 bits per heavy atom. The number of alkyl carbamates (subject to hydrolysis) is 1. The van der Waals surface area contributed by atoms with Gasteiger partial charge in [-0.1, -0.05) is 6.42 Å². The molecule has 1 N–H and O–H groups in total. The Balaban J connectivity index is 2.21. The number of hydrogen-bond donors (Lipinski definition) is 1. The van der Waals surface area contributed by atoms with Gasteiger partial charge in [-0.25, -0.2) is 9.59 Å². The third-order valence-electron chi connectivity index (χ3n) is 4.18. The highest BCUT2D eigenvalue weighted by molar-refractivity contribution is 7.86. The Labute approximate surface area is 133 Å². The molecule has 1 amide bonds. The molecule has 6 nitrogen and oxygen atoms in total. The first kappa shape index (κ1) is 17.2. The summed E-state index contributed by atoms with van der Waals surface area (Å²) in [4.78, 5) is 24.5. The zero-order chi connectivity index (χ0) is 16.5. The number of rotatable bonds is 2. The molecule has 0 aromatic heterocycles. The minimum atomic E-state index is -1.12. The van der Waals surface area contributed by atoms with E-state index < -0.39 is 34.0 Å². The van der Waals surface area contributed by atoms with Gasteiger partial charge in [-0.2, -0.15) is 0 Å². The van der Waals surface area contributed by atoms with E-state index in [0.29, 0.717) is 12.8 Å². The van der Waals surface area contributed by atoms with E-state index in [1.165, 1.54) is 7.11 Å². The summed E-state index contributed by atoms with van der Waals surface area (Å²) < 4.78 is 22.5. The van der Waals surface area contributed by atoms with Crippen molar-refractivity contribution >= 4 is 22.9 Å². The molecule has 0 aliphatic carbocycles. The fraction of sp³-hybridized carbons (Fsp3) is 0.867. The highest BCUT2D eigenvalue weighted by Crippen LogP contribution is 2.40. The first-order valence-electron chi connectivity index (χ1n) is 7.66. The minimum Gasteiger partial charge on any atom is -0.467 e. The lowest BCUT2D eigenvalue weighted by molar-refractivity contribution is -0.149. The molecule has 2 aliphatic heterocycles. The van der Waals surface area contributed by atoms with Crippen LogP contribution in [0.3, 0.4) is 0 Å². The van der Waals surface area contributed by atoms with Gasteiger partial charge in [0.05, 0.1) is 7.11 Å². The number of carbonyl (C=O) groups excluding carboxylic acids is 2. The molecule has 2 aliphatic rings. The fourth-order valence-electron chi connectivity index (χ4n) is 3.32. The van der Waals surface area contributed by atoms with Gasteiger partial charge in [-0.15, -0.1) is 0 Å². The van der Waals surface area contributed by atoms with E-state index in [9.17, 15) is 13.8 Å². The zero-order valence-electron chi connectivity index (χ0n) is 13.6. The second-order valence-electron chi connectivity index (χ2n) is 7.11. The van der Waals surface area contributed by atoms with Crippen LogP contribution in [0.15, 0.2) is 0 Å². The highest BCUT2D eigenvalue weighted by Gasteiger charge is 2.52. The molecule has 126 valence electrons. The molecule has 0 spiro atoms. The van der Waals surface area contributed by atoms with Gasteiger partial charge in [0.25, 0.3) is 0 Å². The summed E-state index contributed by atoms with van der Waals surface area (Å²) >= 11 is 0. The summed E-state index contributed by atoms with van der Waals surface area (Å²) in [5.74, 6) is -0.480. The van der Waals surface area contributed by atoms with E-state index in [4.69, 9.17) is 9.47 Å². The SMILES string of the molecule is COC(=O)C1(NC(=O)OC(C)(C)C)CC2CCCC(C1)S2=O. The van der Waals surface area contributed by atoms with Crippen LogP contribution < -0.4 is 5.32 Å². The first-order chi connectivity index (χ1) is 10.2. The Kier molecular flexibility index (Phi) is 4.84. The quantitative estimate of drug-likeness (QED) is 0.781. The fourth-order valence-corrected chi connectivity index (χ4v) is 5.56. The average molecular weight is 331 g/mol. The number of amides is 1. The average Bonchev–Trinajstić information content (AvgIpc) is 2.37. The van der Waals surface area contributed by atoms with E-state index in [-0.39, 0.29) is 10.5 Å². The molecule has 0 aromatic rings. The lowest BCUT2D eigenvalue weighted by Gasteiger charge is -2.44. The molecular formula is C15H25NO5S. The van der Waals surface area contributed by atoms with E-state index in [1.54, 1.807) is 20.8 Å². The highest BCUT2D eigenvalue weighted by atomic mass is 32.2. The van der Waals surface area contributed by atoms with Gasteiger partial charge >= 0.3 is 12.1 Å². The summed E-state index contributed by atoms with van der Waals surface area (Å²) in [6.07, 6.45) is 2.72. The molecular weight excluding hydrogens is 306 g/mol. The Bertz CT molecular complexity index is 469. The number of nitrogens with one attached hydrogen (secondary N) is 1. The van der Waals surface area contributed by atoms with Crippen molar-refractivity contribution in [2.45, 2.75) is 74.5 Å². The van der Waals surface area contributed by atoms with Crippen LogP contribution in [-0.2, 0) is 25.1 Å². The maximum Gasteiger partial charge on any atom is 0.408 e. The van der Waals surface area contributed by atoms with Crippen LogP contribution in [0, 0.1) is 0 Å². The van der Waals surface area contributed by atoms with Crippen molar-refractivity contribution < 1.29 is 23.3 Å². The standard InChI is InChI=1S/C15H25NO5S/c1-14(2,3)21-13(18)16-15(12(17)20-4)8-10-6-5-7-11(9-15)22(10)19/h10-11H,5-9H2,1-4H3,(H,16,18). The van der Waals surface area contributed by atoms with Crippen LogP contribution in [0.1, 0.15) is 52.9 Å². The molecule has 0 saturated carbocycles. The first-order valence-corrected chi connectivity index (χ1v) is 8.93. The normalized spacial score (nSPS) is 34.6. The van der Waals surface area contributed by atoms with Crippen LogP contribution in [0.2, 0.25) is 0 Å². The van der Waals surface area contributed by atoms with Gasteiger partial charge in [-0.05, 0) is 46.5 Å². The number of fused-ring (bicyclic) bond motifs is 2. The monoisotopic (exact) mass is 331 g/mol. The van der Waals surface area contributed by atoms with E-state index in [1.807, 2.05) is 0 Å². The maximum absolute atomic E-state index is 12.3. The number of carbonyl (C=O) groups is 2. The molecule has 2 heterocycles. The molecule has 22 heavy (non-hydrogen) atoms. The van der Waals surface area contributed by atoms with Crippen LogP contribution in [-0.4, -0.2) is 45.0 Å². The third kappa shape index (κ3) is 3.62. The van der Waals surface area contributed by atoms with Crippen molar-refractivity contribution in [2.24, 2.45) is 0 Å². The smallest absolute Gasteiger partial charge is 0.408 e. The maximum atomic E-state index is 12.3. The Morgan fingerprint density at radius 2 is 1.73 bits per heavy atom. The second kappa shape index (κ2) is 6.18. The molecule has 2 saturated heterocycles. The van der Waals surface area contributed by atoms with Crippen molar-refractivity contribution in [1.29, 1.82) is 0 Å². The molecule has 2 rings (SSSR count). The molecule has 0 aromatic carbocycles. The van der Waals surface area contributed by atoms with Crippen LogP contribution >= 0.6 is 0 Å². The summed E-state index contributed by atoms with van der Waals surface area (Å²) in [7, 11) is 0.373. The summed E-state index contributed by atoms with van der Waals surface area (Å²) in [5.41, 5.74) is -1.77. The number of methoxy groups -OCH3 is 1.